The van der Waals surface area contributed by atoms with Crippen molar-refractivity contribution in [2.45, 2.75) is 20.0 Å². The van der Waals surface area contributed by atoms with E-state index in [1.807, 2.05) is 13.8 Å². The molecule has 0 aliphatic heterocycles. The summed E-state index contributed by atoms with van der Waals surface area (Å²) >= 11 is 0. The fourth-order valence-electron chi connectivity index (χ4n) is 2.35. The molecule has 0 spiro atoms. The van der Waals surface area contributed by atoms with E-state index in [0.717, 1.165) is 28.8 Å². The quantitative estimate of drug-likeness (QED) is 0.712. The zero-order valence-electron chi connectivity index (χ0n) is 13.7. The van der Waals surface area contributed by atoms with Crippen LogP contribution in [0.15, 0.2) is 28.9 Å². The number of fused-ring (bicyclic) bond motifs is 1. The maximum Gasteiger partial charge on any atom is 0.231 e. The van der Waals surface area contributed by atoms with Gasteiger partial charge in [-0.1, -0.05) is 0 Å². The summed E-state index contributed by atoms with van der Waals surface area (Å²) in [5.41, 5.74) is 1.39. The molecule has 3 aromatic rings. The zero-order valence-corrected chi connectivity index (χ0v) is 13.7. The van der Waals surface area contributed by atoms with Crippen LogP contribution in [0.2, 0.25) is 0 Å². The van der Waals surface area contributed by atoms with Gasteiger partial charge in [0.25, 0.3) is 0 Å². The minimum atomic E-state index is -1.00. The summed E-state index contributed by atoms with van der Waals surface area (Å²) in [6.45, 7) is 3.80. The molecule has 2 aromatic heterocycles. The first-order valence-electron chi connectivity index (χ1n) is 7.66. The Labute approximate surface area is 142 Å². The number of furan rings is 1. The molecule has 0 radical (unpaired) electrons. The van der Waals surface area contributed by atoms with Gasteiger partial charge in [-0.2, -0.15) is 0 Å². The maximum atomic E-state index is 13.1. The van der Waals surface area contributed by atoms with Gasteiger partial charge in [0.05, 0.1) is 5.39 Å². The molecule has 3 rings (SSSR count). The number of anilines is 1. The molecule has 0 fully saturated rings. The van der Waals surface area contributed by atoms with Gasteiger partial charge in [-0.25, -0.2) is 18.7 Å². The molecule has 2 heterocycles. The van der Waals surface area contributed by atoms with Crippen molar-refractivity contribution < 1.29 is 23.0 Å². The molecule has 1 aromatic carbocycles. The number of aliphatic hydroxyl groups excluding tert-OH is 1. The number of rotatable bonds is 6. The molecular weight excluding hydrogens is 332 g/mol. The molecule has 1 atom stereocenters. The number of aromatic nitrogens is 2. The van der Waals surface area contributed by atoms with Gasteiger partial charge in [-0.05, 0) is 26.0 Å². The topological polar surface area (TPSA) is 80.4 Å². The Morgan fingerprint density at radius 1 is 1.24 bits per heavy atom. The smallest absolute Gasteiger partial charge is 0.231 e. The fourth-order valence-corrected chi connectivity index (χ4v) is 2.35. The lowest BCUT2D eigenvalue weighted by atomic mass is 10.2. The summed E-state index contributed by atoms with van der Waals surface area (Å²) in [5.74, 6) is -0.511. The van der Waals surface area contributed by atoms with Crippen molar-refractivity contribution in [3.8, 4) is 5.75 Å². The number of benzene rings is 1. The minimum absolute atomic E-state index is 0.0876. The summed E-state index contributed by atoms with van der Waals surface area (Å²) in [7, 11) is 0. The van der Waals surface area contributed by atoms with E-state index < -0.39 is 17.7 Å². The van der Waals surface area contributed by atoms with E-state index >= 15 is 0 Å². The summed E-state index contributed by atoms with van der Waals surface area (Å²) in [5, 5.41) is 13.8. The van der Waals surface area contributed by atoms with Crippen molar-refractivity contribution in [1.82, 2.24) is 9.97 Å². The number of aliphatic hydroxyl groups is 1. The Morgan fingerprint density at radius 3 is 2.80 bits per heavy atom. The van der Waals surface area contributed by atoms with Crippen LogP contribution in [0, 0.1) is 25.5 Å². The van der Waals surface area contributed by atoms with Crippen LogP contribution in [0.3, 0.4) is 0 Å². The zero-order chi connectivity index (χ0) is 18.0. The van der Waals surface area contributed by atoms with Crippen molar-refractivity contribution >= 4 is 16.9 Å². The normalized spacial score (nSPS) is 12.4. The van der Waals surface area contributed by atoms with Gasteiger partial charge < -0.3 is 19.6 Å². The van der Waals surface area contributed by atoms with Gasteiger partial charge in [0.2, 0.25) is 5.71 Å². The second kappa shape index (κ2) is 7.02. The van der Waals surface area contributed by atoms with Crippen LogP contribution in [-0.4, -0.2) is 34.3 Å². The van der Waals surface area contributed by atoms with Crippen molar-refractivity contribution in [3.63, 3.8) is 0 Å². The number of ether oxygens (including phenoxy) is 1. The Bertz CT molecular complexity index is 898. The van der Waals surface area contributed by atoms with Crippen molar-refractivity contribution in [2.75, 3.05) is 18.5 Å². The number of hydrogen-bond acceptors (Lipinski definition) is 6. The van der Waals surface area contributed by atoms with Gasteiger partial charge in [0.15, 0.2) is 11.6 Å². The third-order valence-corrected chi connectivity index (χ3v) is 3.80. The molecule has 132 valence electrons. The average Bonchev–Trinajstić information content (AvgIpc) is 2.89. The fraction of sp³-hybridized carbons (Fsp3) is 0.294. The van der Waals surface area contributed by atoms with Crippen LogP contribution in [0.4, 0.5) is 14.6 Å². The molecule has 0 saturated carbocycles. The Kier molecular flexibility index (Phi) is 4.80. The van der Waals surface area contributed by atoms with E-state index in [1.165, 1.54) is 12.4 Å². The van der Waals surface area contributed by atoms with Crippen molar-refractivity contribution in [3.05, 3.63) is 47.5 Å². The molecule has 0 saturated heterocycles. The van der Waals surface area contributed by atoms with Crippen LogP contribution in [0.1, 0.15) is 11.3 Å². The molecule has 25 heavy (non-hydrogen) atoms. The van der Waals surface area contributed by atoms with E-state index in [0.29, 0.717) is 11.5 Å². The number of aryl methyl sites for hydroxylation is 2. The highest BCUT2D eigenvalue weighted by atomic mass is 19.2. The first kappa shape index (κ1) is 17.1. The van der Waals surface area contributed by atoms with Gasteiger partial charge in [-0.3, -0.25) is 0 Å². The number of hydrogen-bond donors (Lipinski definition) is 2. The first-order valence-corrected chi connectivity index (χ1v) is 7.66. The SMILES string of the molecule is Cc1oc2ncnc(NCC(O)COc3ccc(F)c(F)c3)c2c1C. The monoisotopic (exact) mass is 349 g/mol. The molecule has 6 nitrogen and oxygen atoms in total. The predicted octanol–water partition coefficient (Wildman–Crippen LogP) is 2.97. The second-order valence-corrected chi connectivity index (χ2v) is 5.61. The van der Waals surface area contributed by atoms with Gasteiger partial charge in [0.1, 0.15) is 36.4 Å². The van der Waals surface area contributed by atoms with Gasteiger partial charge >= 0.3 is 0 Å². The Balaban J connectivity index is 1.61. The minimum Gasteiger partial charge on any atom is -0.491 e. The Hall–Kier alpha value is -2.74. The highest BCUT2D eigenvalue weighted by molar-refractivity contribution is 5.89. The highest BCUT2D eigenvalue weighted by Crippen LogP contribution is 2.27. The Morgan fingerprint density at radius 2 is 2.04 bits per heavy atom. The summed E-state index contributed by atoms with van der Waals surface area (Å²) in [6, 6.07) is 3.20. The van der Waals surface area contributed by atoms with Crippen LogP contribution in [-0.2, 0) is 0 Å². The molecule has 2 N–H and O–H groups in total. The number of nitrogens with one attached hydrogen (secondary N) is 1. The summed E-state index contributed by atoms with van der Waals surface area (Å²) < 4.78 is 36.8. The standard InChI is InChI=1S/C17H17F2N3O3/c1-9-10(2)25-17-15(9)16(21-8-22-17)20-6-11(23)7-24-12-3-4-13(18)14(19)5-12/h3-5,8,11,23H,6-7H2,1-2H3,(H,20,21,22). The molecule has 0 aliphatic carbocycles. The van der Waals surface area contributed by atoms with E-state index in [2.05, 4.69) is 15.3 Å². The van der Waals surface area contributed by atoms with E-state index in [1.54, 1.807) is 0 Å². The molecule has 8 heteroatoms. The van der Waals surface area contributed by atoms with Crippen molar-refractivity contribution in [2.24, 2.45) is 0 Å². The second-order valence-electron chi connectivity index (χ2n) is 5.61. The third-order valence-electron chi connectivity index (χ3n) is 3.80. The molecule has 0 amide bonds. The summed E-state index contributed by atoms with van der Waals surface area (Å²) in [4.78, 5) is 8.24. The summed E-state index contributed by atoms with van der Waals surface area (Å²) in [6.07, 6.45) is 0.489. The van der Waals surface area contributed by atoms with Crippen LogP contribution >= 0.6 is 0 Å². The number of nitrogens with zero attached hydrogens (tertiary/aromatic N) is 2. The highest BCUT2D eigenvalue weighted by Gasteiger charge is 2.15. The van der Waals surface area contributed by atoms with Crippen LogP contribution in [0.25, 0.3) is 11.1 Å². The van der Waals surface area contributed by atoms with Crippen LogP contribution < -0.4 is 10.1 Å². The predicted molar refractivity (Wildman–Crippen MR) is 87.6 cm³/mol. The van der Waals surface area contributed by atoms with E-state index in [-0.39, 0.29) is 18.9 Å². The first-order chi connectivity index (χ1) is 12.0. The van der Waals surface area contributed by atoms with E-state index in [9.17, 15) is 13.9 Å². The maximum absolute atomic E-state index is 13.1. The average molecular weight is 349 g/mol. The lowest BCUT2D eigenvalue weighted by Gasteiger charge is -2.14. The lowest BCUT2D eigenvalue weighted by molar-refractivity contribution is 0.117. The largest absolute Gasteiger partial charge is 0.491 e. The molecule has 0 bridgehead atoms. The molecular formula is C17H17F2N3O3. The van der Waals surface area contributed by atoms with E-state index in [4.69, 9.17) is 9.15 Å². The van der Waals surface area contributed by atoms with Gasteiger partial charge in [0, 0.05) is 18.2 Å². The molecule has 0 aliphatic rings. The number of halogens is 2. The van der Waals surface area contributed by atoms with Crippen LogP contribution in [0.5, 0.6) is 5.75 Å². The van der Waals surface area contributed by atoms with Gasteiger partial charge in [-0.15, -0.1) is 0 Å². The molecule has 1 unspecified atom stereocenters. The lowest BCUT2D eigenvalue weighted by Crippen LogP contribution is -2.26. The van der Waals surface area contributed by atoms with Crippen molar-refractivity contribution in [1.29, 1.82) is 0 Å². The third kappa shape index (κ3) is 3.69.